The van der Waals surface area contributed by atoms with Crippen molar-refractivity contribution in [3.63, 3.8) is 0 Å². The minimum absolute atomic E-state index is 0.0985. The number of carbonyl (C=O) groups is 2. The largest absolute Gasteiger partial charge is 0.352 e. The molecule has 186 valence electrons. The summed E-state index contributed by atoms with van der Waals surface area (Å²) < 4.78 is 27.5. The van der Waals surface area contributed by atoms with Gasteiger partial charge in [0.05, 0.1) is 11.4 Å². The number of amides is 2. The van der Waals surface area contributed by atoms with Crippen LogP contribution < -0.4 is 5.32 Å². The number of fused-ring (bicyclic) bond motifs is 1. The van der Waals surface area contributed by atoms with E-state index in [0.717, 1.165) is 20.6 Å². The van der Waals surface area contributed by atoms with E-state index in [4.69, 9.17) is 11.6 Å². The summed E-state index contributed by atoms with van der Waals surface area (Å²) in [5.41, 5.74) is 0.770. The highest BCUT2D eigenvalue weighted by atomic mass is 35.5. The van der Waals surface area contributed by atoms with Gasteiger partial charge in [-0.2, -0.15) is 4.31 Å². The van der Waals surface area contributed by atoms with Crippen LogP contribution in [0.2, 0.25) is 5.02 Å². The Balaban J connectivity index is 1.84. The zero-order valence-corrected chi connectivity index (χ0v) is 21.8. The highest BCUT2D eigenvalue weighted by Crippen LogP contribution is 2.22. The molecule has 3 aromatic rings. The Hall–Kier alpha value is -2.94. The molecule has 0 radical (unpaired) electrons. The molecule has 1 N–H and O–H groups in total. The standard InChI is InChI=1S/C26H30ClN3O4S/c1-18(2)28-26(32)19(3)30(16-20-9-12-23(27)13-10-20)25(31)17-29(4)35(33,34)24-14-11-21-7-5-6-8-22(21)15-24/h5-15,18-19H,16-17H2,1-4H3,(H,28,32)/t19-/m0/s1. The molecule has 0 saturated carbocycles. The van der Waals surface area contributed by atoms with E-state index in [9.17, 15) is 18.0 Å². The topological polar surface area (TPSA) is 86.8 Å². The fourth-order valence-electron chi connectivity index (χ4n) is 3.65. The first-order valence-corrected chi connectivity index (χ1v) is 13.1. The Bertz CT molecular complexity index is 1310. The number of nitrogens with zero attached hydrogens (tertiary/aromatic N) is 2. The molecular formula is C26H30ClN3O4S. The lowest BCUT2D eigenvalue weighted by atomic mass is 10.1. The summed E-state index contributed by atoms with van der Waals surface area (Å²) in [7, 11) is -2.57. The summed E-state index contributed by atoms with van der Waals surface area (Å²) in [6.45, 7) is 5.01. The van der Waals surface area contributed by atoms with E-state index in [1.54, 1.807) is 43.3 Å². The van der Waals surface area contributed by atoms with E-state index in [-0.39, 0.29) is 23.4 Å². The fourth-order valence-corrected chi connectivity index (χ4v) is 4.93. The summed E-state index contributed by atoms with van der Waals surface area (Å²) in [5.74, 6) is -0.805. The molecule has 3 rings (SSSR count). The molecule has 0 aliphatic rings. The van der Waals surface area contributed by atoms with Gasteiger partial charge < -0.3 is 10.2 Å². The smallest absolute Gasteiger partial charge is 0.243 e. The normalized spacial score (nSPS) is 12.7. The third-order valence-electron chi connectivity index (χ3n) is 5.65. The third-order valence-corrected chi connectivity index (χ3v) is 7.70. The number of rotatable bonds is 9. The number of carbonyl (C=O) groups excluding carboxylic acids is 2. The maximum atomic E-state index is 13.4. The van der Waals surface area contributed by atoms with Crippen LogP contribution in [0.25, 0.3) is 10.8 Å². The molecular weight excluding hydrogens is 486 g/mol. The lowest BCUT2D eigenvalue weighted by Crippen LogP contribution is -2.51. The summed E-state index contributed by atoms with van der Waals surface area (Å²) in [4.78, 5) is 27.6. The van der Waals surface area contributed by atoms with Crippen LogP contribution in [0.5, 0.6) is 0 Å². The minimum atomic E-state index is -3.93. The predicted octanol–water partition coefficient (Wildman–Crippen LogP) is 4.06. The average Bonchev–Trinajstić information content (AvgIpc) is 2.82. The number of hydrogen-bond acceptors (Lipinski definition) is 4. The van der Waals surface area contributed by atoms with Gasteiger partial charge in [-0.3, -0.25) is 9.59 Å². The molecule has 0 aliphatic heterocycles. The van der Waals surface area contributed by atoms with Crippen LogP contribution in [0.1, 0.15) is 26.3 Å². The van der Waals surface area contributed by atoms with Gasteiger partial charge >= 0.3 is 0 Å². The van der Waals surface area contributed by atoms with E-state index < -0.39 is 28.5 Å². The molecule has 0 aromatic heterocycles. The summed E-state index contributed by atoms with van der Waals surface area (Å²) in [5, 5.41) is 5.08. The van der Waals surface area contributed by atoms with Crippen molar-refractivity contribution in [3.05, 3.63) is 77.3 Å². The van der Waals surface area contributed by atoms with Gasteiger partial charge in [-0.15, -0.1) is 0 Å². The maximum Gasteiger partial charge on any atom is 0.243 e. The summed E-state index contributed by atoms with van der Waals surface area (Å²) >= 11 is 5.98. The number of hydrogen-bond donors (Lipinski definition) is 1. The molecule has 3 aromatic carbocycles. The van der Waals surface area contributed by atoms with E-state index >= 15 is 0 Å². The summed E-state index contributed by atoms with van der Waals surface area (Å²) in [6.07, 6.45) is 0. The van der Waals surface area contributed by atoms with Gasteiger partial charge in [0.1, 0.15) is 6.04 Å². The van der Waals surface area contributed by atoms with Gasteiger partial charge in [-0.1, -0.05) is 54.1 Å². The summed E-state index contributed by atoms with van der Waals surface area (Å²) in [6, 6.07) is 18.4. The van der Waals surface area contributed by atoms with Crippen molar-refractivity contribution in [2.45, 2.75) is 44.3 Å². The molecule has 0 saturated heterocycles. The van der Waals surface area contributed by atoms with Crippen LogP contribution in [-0.4, -0.2) is 55.1 Å². The van der Waals surface area contributed by atoms with Crippen molar-refractivity contribution in [1.82, 2.24) is 14.5 Å². The maximum absolute atomic E-state index is 13.4. The number of halogens is 1. The monoisotopic (exact) mass is 515 g/mol. The van der Waals surface area contributed by atoms with Gasteiger partial charge in [-0.25, -0.2) is 8.42 Å². The minimum Gasteiger partial charge on any atom is -0.352 e. The van der Waals surface area contributed by atoms with Gasteiger partial charge in [0.25, 0.3) is 0 Å². The van der Waals surface area contributed by atoms with Gasteiger partial charge in [0, 0.05) is 24.7 Å². The van der Waals surface area contributed by atoms with Crippen molar-refractivity contribution in [1.29, 1.82) is 0 Å². The SMILES string of the molecule is CC(C)NC(=O)[C@H](C)N(Cc1ccc(Cl)cc1)C(=O)CN(C)S(=O)(=O)c1ccc2ccccc2c1. The first-order chi connectivity index (χ1) is 16.5. The van der Waals surface area contributed by atoms with Crippen LogP contribution in [0, 0.1) is 0 Å². The predicted molar refractivity (Wildman–Crippen MR) is 139 cm³/mol. The molecule has 0 spiro atoms. The quantitative estimate of drug-likeness (QED) is 0.465. The second-order valence-electron chi connectivity index (χ2n) is 8.76. The zero-order valence-electron chi connectivity index (χ0n) is 20.2. The Labute approximate surface area is 211 Å². The van der Waals surface area contributed by atoms with Crippen molar-refractivity contribution in [3.8, 4) is 0 Å². The van der Waals surface area contributed by atoms with Crippen molar-refractivity contribution in [2.24, 2.45) is 0 Å². The van der Waals surface area contributed by atoms with Crippen molar-refractivity contribution >= 4 is 44.2 Å². The van der Waals surface area contributed by atoms with E-state index in [1.165, 1.54) is 18.0 Å². The lowest BCUT2D eigenvalue weighted by Gasteiger charge is -2.30. The Morgan fingerprint density at radius 1 is 0.943 bits per heavy atom. The molecule has 0 heterocycles. The molecule has 2 amide bonds. The lowest BCUT2D eigenvalue weighted by molar-refractivity contribution is -0.140. The van der Waals surface area contributed by atoms with Crippen LogP contribution >= 0.6 is 11.6 Å². The molecule has 35 heavy (non-hydrogen) atoms. The Morgan fingerprint density at radius 3 is 2.20 bits per heavy atom. The molecule has 0 fully saturated rings. The number of sulfonamides is 1. The Morgan fingerprint density at radius 2 is 1.57 bits per heavy atom. The van der Waals surface area contributed by atoms with E-state index in [2.05, 4.69) is 5.32 Å². The van der Waals surface area contributed by atoms with Gasteiger partial charge in [0.15, 0.2) is 0 Å². The van der Waals surface area contributed by atoms with Crippen molar-refractivity contribution < 1.29 is 18.0 Å². The molecule has 0 unspecified atom stereocenters. The molecule has 7 nitrogen and oxygen atoms in total. The van der Waals surface area contributed by atoms with Crippen LogP contribution in [0.4, 0.5) is 0 Å². The zero-order chi connectivity index (χ0) is 25.8. The average molecular weight is 516 g/mol. The number of benzene rings is 3. The Kier molecular flexibility index (Phi) is 8.53. The van der Waals surface area contributed by atoms with Gasteiger partial charge in [0.2, 0.25) is 21.8 Å². The van der Waals surface area contributed by atoms with Crippen LogP contribution in [-0.2, 0) is 26.2 Å². The highest BCUT2D eigenvalue weighted by molar-refractivity contribution is 7.89. The second-order valence-corrected chi connectivity index (χ2v) is 11.2. The van der Waals surface area contributed by atoms with E-state index in [1.807, 2.05) is 38.1 Å². The number of nitrogens with one attached hydrogen (secondary N) is 1. The van der Waals surface area contributed by atoms with E-state index in [0.29, 0.717) is 5.02 Å². The molecule has 0 bridgehead atoms. The van der Waals surface area contributed by atoms with Gasteiger partial charge in [-0.05, 0) is 61.4 Å². The molecule has 0 aliphatic carbocycles. The highest BCUT2D eigenvalue weighted by Gasteiger charge is 2.30. The van der Waals surface area contributed by atoms with Crippen LogP contribution in [0.3, 0.4) is 0 Å². The molecule has 1 atom stereocenters. The number of likely N-dealkylation sites (N-methyl/N-ethyl adjacent to an activating group) is 1. The molecule has 9 heteroatoms. The second kappa shape index (κ2) is 11.2. The van der Waals surface area contributed by atoms with Crippen molar-refractivity contribution in [2.75, 3.05) is 13.6 Å². The fraction of sp³-hybridized carbons (Fsp3) is 0.308. The van der Waals surface area contributed by atoms with Crippen LogP contribution in [0.15, 0.2) is 71.6 Å². The first kappa shape index (κ1) is 26.7. The first-order valence-electron chi connectivity index (χ1n) is 11.3. The third kappa shape index (κ3) is 6.60.